The summed E-state index contributed by atoms with van der Waals surface area (Å²) in [5.74, 6) is -3.49. The average molecular weight is 246 g/mol. The summed E-state index contributed by atoms with van der Waals surface area (Å²) in [5, 5.41) is 8.16. The summed E-state index contributed by atoms with van der Waals surface area (Å²) in [5.41, 5.74) is 0. The number of hydrogen-bond donors (Lipinski definition) is 1. The van der Waals surface area contributed by atoms with Crippen LogP contribution in [0.15, 0.2) is 0 Å². The minimum atomic E-state index is -3.57. The first-order chi connectivity index (χ1) is 7.42. The minimum Gasteiger partial charge on any atom is -0.475 e. The van der Waals surface area contributed by atoms with Crippen molar-refractivity contribution in [2.24, 2.45) is 17.8 Å². The van der Waals surface area contributed by atoms with Gasteiger partial charge in [0.1, 0.15) is 0 Å². The molecule has 5 atom stereocenters. The number of ketones is 1. The Hall–Kier alpha value is -0.950. The lowest BCUT2D eigenvalue weighted by atomic mass is 9.83. The van der Waals surface area contributed by atoms with E-state index in [4.69, 9.17) is 9.29 Å². The van der Waals surface area contributed by atoms with Crippen LogP contribution in [0.3, 0.4) is 0 Å². The molecule has 3 aliphatic rings. The van der Waals surface area contributed by atoms with E-state index < -0.39 is 39.1 Å². The highest BCUT2D eigenvalue weighted by molar-refractivity contribution is 7.87. The zero-order valence-corrected chi connectivity index (χ0v) is 9.01. The second kappa shape index (κ2) is 2.84. The maximum Gasteiger partial charge on any atom is 0.372 e. The van der Waals surface area contributed by atoms with Crippen molar-refractivity contribution in [3.8, 4) is 0 Å². The highest BCUT2D eigenvalue weighted by Gasteiger charge is 2.66. The smallest absolute Gasteiger partial charge is 0.372 e. The van der Waals surface area contributed by atoms with Gasteiger partial charge in [-0.15, -0.1) is 0 Å². The number of carbonyl (C=O) groups excluding carboxylic acids is 1. The Morgan fingerprint density at radius 1 is 1.25 bits per heavy atom. The van der Waals surface area contributed by atoms with Gasteiger partial charge in [-0.05, 0) is 18.8 Å². The minimum absolute atomic E-state index is 0.138. The lowest BCUT2D eigenvalue weighted by molar-refractivity contribution is -0.153. The fraction of sp³-hybridized carbons (Fsp3) is 0.778. The van der Waals surface area contributed by atoms with Crippen LogP contribution in [0, 0.1) is 17.8 Å². The second-order valence-corrected chi connectivity index (χ2v) is 6.47. The van der Waals surface area contributed by atoms with Gasteiger partial charge in [-0.2, -0.15) is 8.42 Å². The topological polar surface area (TPSA) is 97.7 Å². The maximum absolute atomic E-state index is 11.5. The Kier molecular flexibility index (Phi) is 1.81. The molecule has 5 unspecified atom stereocenters. The van der Waals surface area contributed by atoms with Gasteiger partial charge < -0.3 is 5.11 Å². The van der Waals surface area contributed by atoms with E-state index in [1.165, 1.54) is 0 Å². The number of carbonyl (C=O) groups is 2. The van der Waals surface area contributed by atoms with Crippen LogP contribution in [-0.4, -0.2) is 36.6 Å². The fourth-order valence-electron chi connectivity index (χ4n) is 3.44. The van der Waals surface area contributed by atoms with Crippen LogP contribution in [0.1, 0.15) is 12.8 Å². The van der Waals surface area contributed by atoms with Crippen molar-refractivity contribution in [3.05, 3.63) is 0 Å². The first-order valence-electron chi connectivity index (χ1n) is 5.11. The van der Waals surface area contributed by atoms with Crippen molar-refractivity contribution in [1.82, 2.24) is 0 Å². The van der Waals surface area contributed by atoms with Gasteiger partial charge in [-0.1, -0.05) is 0 Å². The summed E-state index contributed by atoms with van der Waals surface area (Å²) in [6, 6.07) is 0. The lowest BCUT2D eigenvalue weighted by Crippen LogP contribution is -2.37. The number of fused-ring (bicyclic) bond motifs is 1. The number of Topliss-reactive ketones (excluding diaryl/α,β-unsaturated/α-hetero) is 1. The lowest BCUT2D eigenvalue weighted by Gasteiger charge is -2.21. The number of aliphatic carboxylic acids is 1. The van der Waals surface area contributed by atoms with Gasteiger partial charge in [0.05, 0.1) is 17.3 Å². The Balaban J connectivity index is 1.98. The van der Waals surface area contributed by atoms with E-state index in [0.29, 0.717) is 12.8 Å². The molecule has 0 aromatic rings. The van der Waals surface area contributed by atoms with Gasteiger partial charge in [0.15, 0.2) is 0 Å². The maximum atomic E-state index is 11.5. The summed E-state index contributed by atoms with van der Waals surface area (Å²) in [7, 11) is -3.57. The van der Waals surface area contributed by atoms with Crippen molar-refractivity contribution in [1.29, 1.82) is 0 Å². The van der Waals surface area contributed by atoms with Gasteiger partial charge in [0, 0.05) is 5.92 Å². The van der Waals surface area contributed by atoms with Crippen LogP contribution in [0.25, 0.3) is 0 Å². The molecule has 2 bridgehead atoms. The highest BCUT2D eigenvalue weighted by atomic mass is 32.2. The molecular weight excluding hydrogens is 236 g/mol. The normalized spacial score (nSPS) is 47.1. The van der Waals surface area contributed by atoms with Crippen LogP contribution in [0.4, 0.5) is 0 Å². The van der Waals surface area contributed by atoms with Crippen molar-refractivity contribution in [2.75, 3.05) is 0 Å². The predicted octanol–water partition coefficient (Wildman–Crippen LogP) is -0.607. The molecule has 3 fully saturated rings. The first kappa shape index (κ1) is 10.2. The molecular formula is C9H10O6S. The van der Waals surface area contributed by atoms with E-state index in [1.54, 1.807) is 0 Å². The average Bonchev–Trinajstić information content (AvgIpc) is 2.76. The molecule has 2 aliphatic carbocycles. The van der Waals surface area contributed by atoms with Crippen LogP contribution in [0.2, 0.25) is 0 Å². The standard InChI is InChI=1S/C9H10O6S/c10-7(9(11)12)6-3-1-4-5(2-3)16(13,14)15-8(4)6/h3-6,8H,1-2H2,(H,11,12). The van der Waals surface area contributed by atoms with Crippen LogP contribution in [-0.2, 0) is 23.9 Å². The van der Waals surface area contributed by atoms with Crippen molar-refractivity contribution in [3.63, 3.8) is 0 Å². The Bertz CT molecular complexity index is 480. The molecule has 1 aliphatic heterocycles. The molecule has 7 heteroatoms. The van der Waals surface area contributed by atoms with Crippen LogP contribution < -0.4 is 0 Å². The zero-order valence-electron chi connectivity index (χ0n) is 8.20. The fourth-order valence-corrected chi connectivity index (χ4v) is 5.33. The van der Waals surface area contributed by atoms with E-state index in [0.717, 1.165) is 0 Å². The van der Waals surface area contributed by atoms with Crippen molar-refractivity contribution >= 4 is 21.9 Å². The number of carboxylic acid groups (broad SMARTS) is 1. The van der Waals surface area contributed by atoms with E-state index in [-0.39, 0.29) is 11.8 Å². The first-order valence-corrected chi connectivity index (χ1v) is 6.58. The molecule has 1 heterocycles. The molecule has 88 valence electrons. The third-order valence-electron chi connectivity index (χ3n) is 4.00. The quantitative estimate of drug-likeness (QED) is 0.515. The summed E-state index contributed by atoms with van der Waals surface area (Å²) in [4.78, 5) is 22.1. The van der Waals surface area contributed by atoms with E-state index in [1.807, 2.05) is 0 Å². The summed E-state index contributed by atoms with van der Waals surface area (Å²) in [6.07, 6.45) is 0.239. The largest absolute Gasteiger partial charge is 0.475 e. The number of hydrogen-bond acceptors (Lipinski definition) is 5. The van der Waals surface area contributed by atoms with Crippen molar-refractivity contribution < 1.29 is 27.3 Å². The summed E-state index contributed by atoms with van der Waals surface area (Å²) >= 11 is 0. The van der Waals surface area contributed by atoms with E-state index in [9.17, 15) is 18.0 Å². The van der Waals surface area contributed by atoms with Gasteiger partial charge >= 0.3 is 5.97 Å². The molecule has 0 spiro atoms. The molecule has 2 saturated carbocycles. The van der Waals surface area contributed by atoms with Gasteiger partial charge in [0.2, 0.25) is 5.78 Å². The Morgan fingerprint density at radius 3 is 2.56 bits per heavy atom. The number of carboxylic acids is 1. The van der Waals surface area contributed by atoms with Gasteiger partial charge in [-0.3, -0.25) is 8.98 Å². The Morgan fingerprint density at radius 2 is 1.94 bits per heavy atom. The SMILES string of the molecule is O=C(O)C(=O)C1C2CC3C1OS(=O)(=O)C3C2. The summed E-state index contributed by atoms with van der Waals surface area (Å²) in [6.45, 7) is 0. The molecule has 0 aromatic carbocycles. The molecule has 1 saturated heterocycles. The monoisotopic (exact) mass is 246 g/mol. The zero-order chi connectivity index (χ0) is 11.7. The molecule has 1 N–H and O–H groups in total. The Labute approximate surface area is 91.7 Å². The van der Waals surface area contributed by atoms with E-state index >= 15 is 0 Å². The second-order valence-electron chi connectivity index (χ2n) is 4.68. The highest BCUT2D eigenvalue weighted by Crippen LogP contribution is 2.57. The van der Waals surface area contributed by atoms with E-state index in [2.05, 4.69) is 0 Å². The molecule has 0 amide bonds. The van der Waals surface area contributed by atoms with Crippen LogP contribution >= 0.6 is 0 Å². The molecule has 16 heavy (non-hydrogen) atoms. The molecule has 3 rings (SSSR count). The third kappa shape index (κ3) is 1.07. The van der Waals surface area contributed by atoms with Crippen molar-refractivity contribution in [2.45, 2.75) is 24.2 Å². The summed E-state index contributed by atoms with van der Waals surface area (Å²) < 4.78 is 28.0. The predicted molar refractivity (Wildman–Crippen MR) is 49.9 cm³/mol. The third-order valence-corrected chi connectivity index (χ3v) is 5.77. The van der Waals surface area contributed by atoms with Gasteiger partial charge in [-0.25, -0.2) is 4.79 Å². The molecule has 0 radical (unpaired) electrons. The molecule has 0 aromatic heterocycles. The number of rotatable bonds is 2. The van der Waals surface area contributed by atoms with Crippen LogP contribution in [0.5, 0.6) is 0 Å². The van der Waals surface area contributed by atoms with Gasteiger partial charge in [0.25, 0.3) is 10.1 Å². The molecule has 6 nitrogen and oxygen atoms in total.